The average Bonchev–Trinajstić information content (AvgIpc) is 2.23. The van der Waals surface area contributed by atoms with Crippen LogP contribution in [0.4, 0.5) is 4.39 Å². The second kappa shape index (κ2) is 3.34. The lowest BCUT2D eigenvalue weighted by molar-refractivity contribution is -0.427. The summed E-state index contributed by atoms with van der Waals surface area (Å²) in [4.78, 5) is 9.93. The zero-order valence-electron chi connectivity index (χ0n) is 7.99. The molecule has 0 unspecified atom stereocenters. The van der Waals surface area contributed by atoms with E-state index in [1.165, 1.54) is 12.1 Å². The van der Waals surface area contributed by atoms with E-state index in [0.29, 0.717) is 5.75 Å². The summed E-state index contributed by atoms with van der Waals surface area (Å²) in [5.74, 6) is -0.116. The molecular formula is C10H8FNO3. The van der Waals surface area contributed by atoms with E-state index >= 15 is 0 Å². The number of fused-ring (bicyclic) bond motifs is 1. The van der Waals surface area contributed by atoms with Crippen molar-refractivity contribution < 1.29 is 14.1 Å². The van der Waals surface area contributed by atoms with E-state index in [2.05, 4.69) is 0 Å². The van der Waals surface area contributed by atoms with Gasteiger partial charge in [0, 0.05) is 6.08 Å². The van der Waals surface area contributed by atoms with Crippen molar-refractivity contribution in [1.82, 2.24) is 0 Å². The van der Waals surface area contributed by atoms with Crippen molar-refractivity contribution in [3.8, 4) is 5.75 Å². The third-order valence-electron chi connectivity index (χ3n) is 2.25. The van der Waals surface area contributed by atoms with Crippen LogP contribution in [0.1, 0.15) is 11.1 Å². The predicted octanol–water partition coefficient (Wildman–Crippen LogP) is 2.14. The molecule has 2 rings (SSSR count). The molecule has 5 heteroatoms. The van der Waals surface area contributed by atoms with Gasteiger partial charge < -0.3 is 4.74 Å². The maximum absolute atomic E-state index is 13.3. The van der Waals surface area contributed by atoms with Crippen molar-refractivity contribution >= 4 is 6.08 Å². The lowest BCUT2D eigenvalue weighted by Gasteiger charge is -2.15. The molecule has 0 N–H and O–H groups in total. The highest BCUT2D eigenvalue weighted by Gasteiger charge is 2.23. The van der Waals surface area contributed by atoms with Crippen LogP contribution < -0.4 is 4.74 Å². The Morgan fingerprint density at radius 3 is 2.93 bits per heavy atom. The van der Waals surface area contributed by atoms with Gasteiger partial charge in [-0.25, -0.2) is 4.39 Å². The summed E-state index contributed by atoms with van der Waals surface area (Å²) in [5, 5.41) is 10.5. The third kappa shape index (κ3) is 1.56. The Labute approximate surface area is 85.1 Å². The standard InChI is InChI=1S/C10H8FNO3/c1-6-2-3-9(11)8-4-7(12(13)14)5-15-10(6)8/h2-4H,5H2,1H3. The molecule has 0 atom stereocenters. The van der Waals surface area contributed by atoms with Gasteiger partial charge in [0.1, 0.15) is 11.6 Å². The number of hydrogen-bond acceptors (Lipinski definition) is 3. The molecular weight excluding hydrogens is 201 g/mol. The van der Waals surface area contributed by atoms with E-state index in [1.807, 2.05) is 0 Å². The molecule has 0 spiro atoms. The van der Waals surface area contributed by atoms with Crippen LogP contribution in [0, 0.1) is 22.9 Å². The third-order valence-corrected chi connectivity index (χ3v) is 2.25. The molecule has 1 aliphatic heterocycles. The summed E-state index contributed by atoms with van der Waals surface area (Å²) < 4.78 is 18.5. The fourth-order valence-electron chi connectivity index (χ4n) is 1.47. The van der Waals surface area contributed by atoms with Gasteiger partial charge in [-0.15, -0.1) is 0 Å². The highest BCUT2D eigenvalue weighted by molar-refractivity contribution is 5.63. The quantitative estimate of drug-likeness (QED) is 0.526. The molecule has 4 nitrogen and oxygen atoms in total. The van der Waals surface area contributed by atoms with E-state index in [9.17, 15) is 14.5 Å². The lowest BCUT2D eigenvalue weighted by Crippen LogP contribution is -2.15. The molecule has 0 radical (unpaired) electrons. The lowest BCUT2D eigenvalue weighted by atomic mass is 10.1. The van der Waals surface area contributed by atoms with Crippen molar-refractivity contribution in [2.24, 2.45) is 0 Å². The first-order valence-corrected chi connectivity index (χ1v) is 4.36. The second-order valence-corrected chi connectivity index (χ2v) is 3.29. The fraction of sp³-hybridized carbons (Fsp3) is 0.200. The van der Waals surface area contributed by atoms with Crippen molar-refractivity contribution in [1.29, 1.82) is 0 Å². The van der Waals surface area contributed by atoms with Gasteiger partial charge in [-0.05, 0) is 18.6 Å². The maximum atomic E-state index is 13.3. The molecule has 1 aliphatic rings. The number of ether oxygens (including phenoxy) is 1. The summed E-state index contributed by atoms with van der Waals surface area (Å²) in [6.07, 6.45) is 1.22. The monoisotopic (exact) mass is 209 g/mol. The first kappa shape index (κ1) is 9.64. The first-order chi connectivity index (χ1) is 7.09. The minimum absolute atomic E-state index is 0.121. The van der Waals surface area contributed by atoms with Crippen LogP contribution in [0.25, 0.3) is 6.08 Å². The Morgan fingerprint density at radius 1 is 1.53 bits per heavy atom. The van der Waals surface area contributed by atoms with Gasteiger partial charge in [0.15, 0.2) is 6.61 Å². The van der Waals surface area contributed by atoms with E-state index in [1.54, 1.807) is 13.0 Å². The Bertz CT molecular complexity index is 468. The normalized spacial score (nSPS) is 13.9. The van der Waals surface area contributed by atoms with Crippen LogP contribution in [-0.2, 0) is 0 Å². The van der Waals surface area contributed by atoms with Gasteiger partial charge in [0.05, 0.1) is 10.5 Å². The van der Waals surface area contributed by atoms with Crippen LogP contribution in [0.15, 0.2) is 17.8 Å². The SMILES string of the molecule is Cc1ccc(F)c2c1OCC([N+](=O)[O-])=C2. The van der Waals surface area contributed by atoms with Gasteiger partial charge in [0.25, 0.3) is 5.70 Å². The second-order valence-electron chi connectivity index (χ2n) is 3.29. The van der Waals surface area contributed by atoms with Gasteiger partial charge >= 0.3 is 0 Å². The van der Waals surface area contributed by atoms with Crippen molar-refractivity contribution in [3.63, 3.8) is 0 Å². The Hall–Kier alpha value is -1.91. The number of hydrogen-bond donors (Lipinski definition) is 0. The molecule has 0 aromatic heterocycles. The predicted molar refractivity (Wildman–Crippen MR) is 51.6 cm³/mol. The zero-order valence-corrected chi connectivity index (χ0v) is 7.99. The molecule has 1 aromatic carbocycles. The number of nitro groups is 1. The molecule has 0 aliphatic carbocycles. The van der Waals surface area contributed by atoms with Crippen LogP contribution >= 0.6 is 0 Å². The summed E-state index contributed by atoms with van der Waals surface area (Å²) in [7, 11) is 0. The van der Waals surface area contributed by atoms with Gasteiger partial charge in [-0.1, -0.05) is 6.07 Å². The van der Waals surface area contributed by atoms with E-state index in [4.69, 9.17) is 4.74 Å². The molecule has 0 saturated carbocycles. The highest BCUT2D eigenvalue weighted by atomic mass is 19.1. The summed E-state index contributed by atoms with van der Waals surface area (Å²) in [6, 6.07) is 2.86. The number of benzene rings is 1. The molecule has 1 heterocycles. The fourth-order valence-corrected chi connectivity index (χ4v) is 1.47. The van der Waals surface area contributed by atoms with E-state index in [0.717, 1.165) is 5.56 Å². The molecule has 1 aromatic rings. The summed E-state index contributed by atoms with van der Waals surface area (Å²) >= 11 is 0. The molecule has 78 valence electrons. The van der Waals surface area contributed by atoms with Gasteiger partial charge in [-0.3, -0.25) is 10.1 Å². The van der Waals surface area contributed by atoms with Gasteiger partial charge in [-0.2, -0.15) is 0 Å². The van der Waals surface area contributed by atoms with Crippen LogP contribution in [0.5, 0.6) is 5.75 Å². The Morgan fingerprint density at radius 2 is 2.27 bits per heavy atom. The largest absolute Gasteiger partial charge is 0.481 e. The number of halogens is 1. The molecule has 15 heavy (non-hydrogen) atoms. The van der Waals surface area contributed by atoms with Crippen LogP contribution in [0.3, 0.4) is 0 Å². The van der Waals surface area contributed by atoms with Crippen molar-refractivity contribution in [2.75, 3.05) is 6.61 Å². The molecule has 0 amide bonds. The van der Waals surface area contributed by atoms with Crippen molar-refractivity contribution in [2.45, 2.75) is 6.92 Å². The van der Waals surface area contributed by atoms with E-state index < -0.39 is 10.7 Å². The smallest absolute Gasteiger partial charge is 0.284 e. The molecule has 0 saturated heterocycles. The summed E-state index contributed by atoms with van der Waals surface area (Å²) in [5.41, 5.74) is 0.796. The number of rotatable bonds is 1. The van der Waals surface area contributed by atoms with E-state index in [-0.39, 0.29) is 17.9 Å². The first-order valence-electron chi connectivity index (χ1n) is 4.36. The van der Waals surface area contributed by atoms with Crippen molar-refractivity contribution in [3.05, 3.63) is 44.9 Å². The van der Waals surface area contributed by atoms with Crippen LogP contribution in [0.2, 0.25) is 0 Å². The van der Waals surface area contributed by atoms with Crippen LogP contribution in [-0.4, -0.2) is 11.5 Å². The highest BCUT2D eigenvalue weighted by Crippen LogP contribution is 2.31. The average molecular weight is 209 g/mol. The zero-order chi connectivity index (χ0) is 11.0. The minimum Gasteiger partial charge on any atom is -0.481 e. The summed E-state index contributed by atoms with van der Waals surface area (Å²) in [6.45, 7) is 1.65. The maximum Gasteiger partial charge on any atom is 0.284 e. The Kier molecular flexibility index (Phi) is 2.15. The Balaban J connectivity index is 2.59. The topological polar surface area (TPSA) is 52.4 Å². The van der Waals surface area contributed by atoms with Gasteiger partial charge in [0.2, 0.25) is 0 Å². The minimum atomic E-state index is -0.565. The number of aryl methyl sites for hydroxylation is 1. The number of nitrogens with zero attached hydrogens (tertiary/aromatic N) is 1. The molecule has 0 fully saturated rings. The molecule has 0 bridgehead atoms.